The van der Waals surface area contributed by atoms with Crippen molar-refractivity contribution >= 4 is 11.0 Å². The topological polar surface area (TPSA) is 41.6 Å². The minimum atomic E-state index is -0.865. The highest BCUT2D eigenvalue weighted by molar-refractivity contribution is 5.81. The normalized spacial score (nSPS) is 14.4. The zero-order chi connectivity index (χ0) is 23.5. The van der Waals surface area contributed by atoms with E-state index in [9.17, 15) is 8.78 Å². The van der Waals surface area contributed by atoms with Crippen LogP contribution in [0.25, 0.3) is 22.4 Å². The van der Waals surface area contributed by atoms with Gasteiger partial charge in [0.1, 0.15) is 5.82 Å². The SMILES string of the molecule is N#Cc1ccc(CCc2ccccc2-c2nc3cc(F)c(F)cc3n2CC2CCCCC2)cc1. The summed E-state index contributed by atoms with van der Waals surface area (Å²) in [4.78, 5) is 4.81. The van der Waals surface area contributed by atoms with Crippen molar-refractivity contribution in [2.75, 3.05) is 0 Å². The number of fused-ring (bicyclic) bond motifs is 1. The van der Waals surface area contributed by atoms with Gasteiger partial charge in [0.05, 0.1) is 22.7 Å². The van der Waals surface area contributed by atoms with Gasteiger partial charge >= 0.3 is 0 Å². The lowest BCUT2D eigenvalue weighted by atomic mass is 9.89. The summed E-state index contributed by atoms with van der Waals surface area (Å²) in [5.41, 5.74) is 5.11. The Morgan fingerprint density at radius 3 is 2.41 bits per heavy atom. The van der Waals surface area contributed by atoms with Gasteiger partial charge in [-0.15, -0.1) is 0 Å². The molecule has 0 radical (unpaired) electrons. The van der Waals surface area contributed by atoms with Crippen LogP contribution >= 0.6 is 0 Å². The highest BCUT2D eigenvalue weighted by atomic mass is 19.2. The molecule has 5 rings (SSSR count). The van der Waals surface area contributed by atoms with E-state index in [0.29, 0.717) is 22.5 Å². The Balaban J connectivity index is 1.52. The summed E-state index contributed by atoms with van der Waals surface area (Å²) >= 11 is 0. The van der Waals surface area contributed by atoms with Gasteiger partial charge < -0.3 is 4.57 Å². The van der Waals surface area contributed by atoms with Crippen LogP contribution in [0.2, 0.25) is 0 Å². The van der Waals surface area contributed by atoms with Gasteiger partial charge in [-0.1, -0.05) is 55.7 Å². The van der Waals surface area contributed by atoms with Crippen molar-refractivity contribution in [3.8, 4) is 17.5 Å². The van der Waals surface area contributed by atoms with Crippen molar-refractivity contribution in [2.24, 2.45) is 5.92 Å². The fourth-order valence-corrected chi connectivity index (χ4v) is 5.12. The second kappa shape index (κ2) is 9.77. The zero-order valence-corrected chi connectivity index (χ0v) is 19.1. The number of nitrogens with zero attached hydrogens (tertiary/aromatic N) is 3. The second-order valence-electron chi connectivity index (χ2n) is 9.27. The molecule has 0 aliphatic heterocycles. The lowest BCUT2D eigenvalue weighted by Crippen LogP contribution is -2.15. The highest BCUT2D eigenvalue weighted by Crippen LogP contribution is 2.33. The van der Waals surface area contributed by atoms with Crippen LogP contribution < -0.4 is 0 Å². The summed E-state index contributed by atoms with van der Waals surface area (Å²) < 4.78 is 30.4. The first-order chi connectivity index (χ1) is 16.6. The molecule has 3 nitrogen and oxygen atoms in total. The maximum absolute atomic E-state index is 14.2. The molecule has 3 aromatic carbocycles. The molecule has 0 N–H and O–H groups in total. The molecule has 1 saturated carbocycles. The predicted molar refractivity (Wildman–Crippen MR) is 130 cm³/mol. The maximum atomic E-state index is 14.2. The molecule has 0 atom stereocenters. The van der Waals surface area contributed by atoms with Crippen LogP contribution in [0.4, 0.5) is 8.78 Å². The van der Waals surface area contributed by atoms with Gasteiger partial charge in [-0.25, -0.2) is 13.8 Å². The van der Waals surface area contributed by atoms with Crippen LogP contribution in [0.5, 0.6) is 0 Å². The lowest BCUT2D eigenvalue weighted by Gasteiger charge is -2.23. The Labute approximate surface area is 198 Å². The molecule has 172 valence electrons. The van der Waals surface area contributed by atoms with Crippen molar-refractivity contribution in [2.45, 2.75) is 51.5 Å². The molecule has 0 unspecified atom stereocenters. The number of aryl methyl sites for hydroxylation is 2. The van der Waals surface area contributed by atoms with E-state index in [2.05, 4.69) is 22.8 Å². The Hall–Kier alpha value is -3.52. The Morgan fingerprint density at radius 1 is 0.912 bits per heavy atom. The number of halogens is 2. The van der Waals surface area contributed by atoms with E-state index >= 15 is 0 Å². The summed E-state index contributed by atoms with van der Waals surface area (Å²) in [6.07, 6.45) is 7.65. The van der Waals surface area contributed by atoms with Crippen molar-refractivity contribution in [3.63, 3.8) is 0 Å². The lowest BCUT2D eigenvalue weighted by molar-refractivity contribution is 0.323. The average Bonchev–Trinajstić information content (AvgIpc) is 3.20. The first-order valence-corrected chi connectivity index (χ1v) is 12.0. The van der Waals surface area contributed by atoms with Gasteiger partial charge in [-0.3, -0.25) is 0 Å². The van der Waals surface area contributed by atoms with Gasteiger partial charge in [0.25, 0.3) is 0 Å². The van der Waals surface area contributed by atoms with Crippen LogP contribution in [0.3, 0.4) is 0 Å². The van der Waals surface area contributed by atoms with Crippen LogP contribution in [0.1, 0.15) is 48.8 Å². The second-order valence-corrected chi connectivity index (χ2v) is 9.27. The van der Waals surface area contributed by atoms with E-state index in [4.69, 9.17) is 10.2 Å². The molecule has 1 aromatic heterocycles. The van der Waals surface area contributed by atoms with E-state index in [1.54, 1.807) is 0 Å². The van der Waals surface area contributed by atoms with E-state index in [-0.39, 0.29) is 0 Å². The summed E-state index contributed by atoms with van der Waals surface area (Å²) in [5, 5.41) is 9.03. The quantitative estimate of drug-likeness (QED) is 0.308. The summed E-state index contributed by atoms with van der Waals surface area (Å²) in [5.74, 6) is -0.404. The molecule has 1 aliphatic rings. The third-order valence-corrected chi connectivity index (χ3v) is 6.98. The van der Waals surface area contributed by atoms with Crippen molar-refractivity contribution in [3.05, 3.63) is 89.0 Å². The van der Waals surface area contributed by atoms with Gasteiger partial charge in [-0.05, 0) is 54.9 Å². The van der Waals surface area contributed by atoms with E-state index in [1.165, 1.54) is 31.4 Å². The molecular weight excluding hydrogens is 428 g/mol. The average molecular weight is 456 g/mol. The van der Waals surface area contributed by atoms with Crippen LogP contribution in [-0.2, 0) is 19.4 Å². The standard InChI is InChI=1S/C29H27F2N3/c30-25-16-27-28(17-26(25)31)34(19-22-6-2-1-3-7-22)29(33-27)24-9-5-4-8-23(24)15-14-20-10-12-21(18-32)13-11-20/h4-5,8-13,16-17,22H,1-3,6-7,14-15,19H2. The summed E-state index contributed by atoms with van der Waals surface area (Å²) in [7, 11) is 0. The molecule has 1 aliphatic carbocycles. The molecule has 0 saturated heterocycles. The van der Waals surface area contributed by atoms with Gasteiger partial charge in [0.15, 0.2) is 11.6 Å². The molecule has 5 heteroatoms. The van der Waals surface area contributed by atoms with Crippen LogP contribution in [-0.4, -0.2) is 9.55 Å². The molecule has 1 heterocycles. The molecule has 0 bridgehead atoms. The smallest absolute Gasteiger partial charge is 0.161 e. The van der Waals surface area contributed by atoms with Crippen LogP contribution in [0, 0.1) is 28.9 Å². The van der Waals surface area contributed by atoms with Gasteiger partial charge in [0.2, 0.25) is 0 Å². The molecular formula is C29H27F2N3. The van der Waals surface area contributed by atoms with Crippen molar-refractivity contribution < 1.29 is 8.78 Å². The molecule has 0 amide bonds. The monoisotopic (exact) mass is 455 g/mol. The number of nitriles is 1. The molecule has 1 fully saturated rings. The molecule has 34 heavy (non-hydrogen) atoms. The number of benzene rings is 3. The Bertz CT molecular complexity index is 1340. The fourth-order valence-electron chi connectivity index (χ4n) is 5.12. The van der Waals surface area contributed by atoms with Crippen molar-refractivity contribution in [1.82, 2.24) is 9.55 Å². The number of hydrogen-bond acceptors (Lipinski definition) is 2. The largest absolute Gasteiger partial charge is 0.324 e. The van der Waals surface area contributed by atoms with Crippen LogP contribution in [0.15, 0.2) is 60.7 Å². The van der Waals surface area contributed by atoms with Gasteiger partial charge in [-0.2, -0.15) is 5.26 Å². The number of hydrogen-bond donors (Lipinski definition) is 0. The van der Waals surface area contributed by atoms with E-state index in [0.717, 1.165) is 54.7 Å². The summed E-state index contributed by atoms with van der Waals surface area (Å²) in [6.45, 7) is 0.765. The fraction of sp³-hybridized carbons (Fsp3) is 0.310. The number of imidazole rings is 1. The third kappa shape index (κ3) is 4.59. The van der Waals surface area contributed by atoms with E-state index in [1.807, 2.05) is 36.4 Å². The maximum Gasteiger partial charge on any atom is 0.161 e. The number of aromatic nitrogens is 2. The first-order valence-electron chi connectivity index (χ1n) is 12.0. The van der Waals surface area contributed by atoms with Crippen molar-refractivity contribution in [1.29, 1.82) is 5.26 Å². The Morgan fingerprint density at radius 2 is 1.65 bits per heavy atom. The minimum Gasteiger partial charge on any atom is -0.324 e. The highest BCUT2D eigenvalue weighted by Gasteiger charge is 2.21. The summed E-state index contributed by atoms with van der Waals surface area (Å²) in [6, 6.07) is 20.5. The van der Waals surface area contributed by atoms with E-state index < -0.39 is 11.6 Å². The molecule has 4 aromatic rings. The third-order valence-electron chi connectivity index (χ3n) is 6.98. The predicted octanol–water partition coefficient (Wildman–Crippen LogP) is 7.22. The first kappa shape index (κ1) is 22.3. The zero-order valence-electron chi connectivity index (χ0n) is 19.1. The minimum absolute atomic E-state index is 0.492. The number of rotatable bonds is 6. The van der Waals surface area contributed by atoms with Gasteiger partial charge in [0, 0.05) is 24.2 Å². The molecule has 0 spiro atoms. The Kier molecular flexibility index (Phi) is 6.40.